The first-order valence-corrected chi connectivity index (χ1v) is 6.96. The van der Waals surface area contributed by atoms with Crippen LogP contribution in [0.4, 0.5) is 0 Å². The second kappa shape index (κ2) is 6.90. The monoisotopic (exact) mass is 288 g/mol. The fourth-order valence-electron chi connectivity index (χ4n) is 2.02. The Morgan fingerprint density at radius 3 is 2.71 bits per heavy atom. The predicted molar refractivity (Wildman–Crippen MR) is 80.8 cm³/mol. The van der Waals surface area contributed by atoms with Crippen molar-refractivity contribution in [2.24, 2.45) is 5.84 Å². The van der Waals surface area contributed by atoms with Crippen molar-refractivity contribution in [1.82, 2.24) is 15.6 Å². The molecule has 2 rings (SSSR count). The molecule has 6 heteroatoms. The van der Waals surface area contributed by atoms with Gasteiger partial charge in [-0.25, -0.2) is 5.84 Å². The number of nitrogens with zero attached hydrogens (tertiary/aromatic N) is 1. The zero-order valence-corrected chi connectivity index (χ0v) is 12.3. The zero-order chi connectivity index (χ0) is 15.2. The first kappa shape index (κ1) is 15.1. The number of hydrazine groups is 1. The lowest BCUT2D eigenvalue weighted by Crippen LogP contribution is -2.30. The highest BCUT2D eigenvalue weighted by molar-refractivity contribution is 5.94. The van der Waals surface area contributed by atoms with Gasteiger partial charge >= 0.3 is 0 Å². The van der Waals surface area contributed by atoms with E-state index in [0.29, 0.717) is 5.69 Å². The molecule has 1 heterocycles. The number of nitrogens with one attached hydrogen (secondary N) is 2. The summed E-state index contributed by atoms with van der Waals surface area (Å²) in [7, 11) is 0. The SMILES string of the molecule is CCCCOc1ccc(-c2n[nH]c(C(=O)NN)c2C)cc1. The van der Waals surface area contributed by atoms with Gasteiger partial charge in [0.15, 0.2) is 0 Å². The Balaban J connectivity index is 2.15. The van der Waals surface area contributed by atoms with Crippen molar-refractivity contribution in [1.29, 1.82) is 0 Å². The van der Waals surface area contributed by atoms with E-state index in [0.717, 1.165) is 42.0 Å². The van der Waals surface area contributed by atoms with E-state index < -0.39 is 0 Å². The molecular weight excluding hydrogens is 268 g/mol. The second-order valence-corrected chi connectivity index (χ2v) is 4.77. The molecule has 0 aliphatic carbocycles. The van der Waals surface area contributed by atoms with Crippen LogP contribution in [0.15, 0.2) is 24.3 Å². The first-order valence-electron chi connectivity index (χ1n) is 6.96. The molecule has 1 amide bonds. The summed E-state index contributed by atoms with van der Waals surface area (Å²) in [6, 6.07) is 7.66. The van der Waals surface area contributed by atoms with E-state index in [1.807, 2.05) is 31.2 Å². The molecule has 2 aromatic rings. The standard InChI is InChI=1S/C15H20N4O2/c1-3-4-9-21-12-7-5-11(6-8-12)13-10(2)14(19-18-13)15(20)17-16/h5-8H,3-4,9,16H2,1-2H3,(H,17,20)(H,18,19). The lowest BCUT2D eigenvalue weighted by atomic mass is 10.1. The number of rotatable bonds is 6. The van der Waals surface area contributed by atoms with Gasteiger partial charge in [0.25, 0.3) is 5.91 Å². The fraction of sp³-hybridized carbons (Fsp3) is 0.333. The maximum Gasteiger partial charge on any atom is 0.283 e. The van der Waals surface area contributed by atoms with Gasteiger partial charge in [0, 0.05) is 11.1 Å². The Labute approximate surface area is 123 Å². The van der Waals surface area contributed by atoms with Gasteiger partial charge in [0.1, 0.15) is 11.4 Å². The van der Waals surface area contributed by atoms with Crippen LogP contribution in [0.2, 0.25) is 0 Å². The molecule has 0 aliphatic heterocycles. The molecule has 0 bridgehead atoms. The van der Waals surface area contributed by atoms with Crippen LogP contribution in [0.5, 0.6) is 5.75 Å². The molecule has 112 valence electrons. The van der Waals surface area contributed by atoms with Gasteiger partial charge in [-0.3, -0.25) is 15.3 Å². The Bertz CT molecular complexity index is 605. The second-order valence-electron chi connectivity index (χ2n) is 4.77. The van der Waals surface area contributed by atoms with Gasteiger partial charge < -0.3 is 4.74 Å². The normalized spacial score (nSPS) is 10.4. The number of aromatic nitrogens is 2. The molecule has 0 spiro atoms. The lowest BCUT2D eigenvalue weighted by molar-refractivity contribution is 0.0948. The van der Waals surface area contributed by atoms with Gasteiger partial charge in [0.05, 0.1) is 12.3 Å². The van der Waals surface area contributed by atoms with Gasteiger partial charge in [0.2, 0.25) is 0 Å². The summed E-state index contributed by atoms with van der Waals surface area (Å²) >= 11 is 0. The number of nitrogen functional groups attached to an aromatic ring is 1. The van der Waals surface area contributed by atoms with Crippen LogP contribution in [0.3, 0.4) is 0 Å². The van der Waals surface area contributed by atoms with Crippen molar-refractivity contribution in [2.75, 3.05) is 6.61 Å². The topological polar surface area (TPSA) is 93.0 Å². The molecule has 0 radical (unpaired) electrons. The van der Waals surface area contributed by atoms with Crippen LogP contribution in [0.1, 0.15) is 35.8 Å². The number of nitrogens with two attached hydrogens (primary N) is 1. The molecule has 0 saturated heterocycles. The Hall–Kier alpha value is -2.34. The number of carbonyl (C=O) groups excluding carboxylic acids is 1. The van der Waals surface area contributed by atoms with Crippen LogP contribution in [-0.2, 0) is 0 Å². The fourth-order valence-corrected chi connectivity index (χ4v) is 2.02. The third-order valence-corrected chi connectivity index (χ3v) is 3.26. The number of benzene rings is 1. The average molecular weight is 288 g/mol. The van der Waals surface area contributed by atoms with E-state index in [1.165, 1.54) is 0 Å². The quantitative estimate of drug-likeness (QED) is 0.329. The van der Waals surface area contributed by atoms with Crippen LogP contribution in [0, 0.1) is 6.92 Å². The largest absolute Gasteiger partial charge is 0.494 e. The Morgan fingerprint density at radius 1 is 1.38 bits per heavy atom. The lowest BCUT2D eigenvalue weighted by Gasteiger charge is -2.06. The number of hydrogen-bond donors (Lipinski definition) is 3. The van der Waals surface area contributed by atoms with E-state index in [-0.39, 0.29) is 5.91 Å². The highest BCUT2D eigenvalue weighted by atomic mass is 16.5. The third kappa shape index (κ3) is 3.41. The highest BCUT2D eigenvalue weighted by Crippen LogP contribution is 2.25. The number of ether oxygens (including phenoxy) is 1. The minimum atomic E-state index is -0.384. The molecule has 0 atom stereocenters. The van der Waals surface area contributed by atoms with Gasteiger partial charge in [-0.2, -0.15) is 5.10 Å². The van der Waals surface area contributed by atoms with E-state index in [9.17, 15) is 4.79 Å². The van der Waals surface area contributed by atoms with Crippen molar-refractivity contribution >= 4 is 5.91 Å². The van der Waals surface area contributed by atoms with Crippen LogP contribution in [0.25, 0.3) is 11.3 Å². The molecule has 1 aromatic carbocycles. The van der Waals surface area contributed by atoms with Crippen molar-refractivity contribution in [3.8, 4) is 17.0 Å². The molecule has 0 fully saturated rings. The average Bonchev–Trinajstić information content (AvgIpc) is 2.89. The van der Waals surface area contributed by atoms with Gasteiger partial charge in [-0.05, 0) is 37.6 Å². The number of carbonyl (C=O) groups is 1. The molecule has 0 unspecified atom stereocenters. The highest BCUT2D eigenvalue weighted by Gasteiger charge is 2.15. The zero-order valence-electron chi connectivity index (χ0n) is 12.3. The minimum absolute atomic E-state index is 0.371. The molecular formula is C15H20N4O2. The third-order valence-electron chi connectivity index (χ3n) is 3.26. The van der Waals surface area contributed by atoms with E-state index in [2.05, 4.69) is 22.5 Å². The minimum Gasteiger partial charge on any atom is -0.494 e. The molecule has 0 aliphatic rings. The summed E-state index contributed by atoms with van der Waals surface area (Å²) in [5, 5.41) is 6.88. The number of hydrogen-bond acceptors (Lipinski definition) is 4. The van der Waals surface area contributed by atoms with Crippen LogP contribution >= 0.6 is 0 Å². The Morgan fingerprint density at radius 2 is 2.10 bits per heavy atom. The smallest absolute Gasteiger partial charge is 0.283 e. The molecule has 4 N–H and O–H groups in total. The van der Waals surface area contributed by atoms with Crippen molar-refractivity contribution in [3.63, 3.8) is 0 Å². The number of unbranched alkanes of at least 4 members (excludes halogenated alkanes) is 1. The van der Waals surface area contributed by atoms with E-state index in [1.54, 1.807) is 0 Å². The summed E-state index contributed by atoms with van der Waals surface area (Å²) in [5.41, 5.74) is 4.88. The summed E-state index contributed by atoms with van der Waals surface area (Å²) in [5.74, 6) is 5.58. The number of H-pyrrole nitrogens is 1. The summed E-state index contributed by atoms with van der Waals surface area (Å²) in [6.07, 6.45) is 2.15. The molecule has 0 saturated carbocycles. The number of amides is 1. The van der Waals surface area contributed by atoms with Crippen molar-refractivity contribution < 1.29 is 9.53 Å². The first-order chi connectivity index (χ1) is 10.2. The molecule has 6 nitrogen and oxygen atoms in total. The maximum absolute atomic E-state index is 11.6. The summed E-state index contributed by atoms with van der Waals surface area (Å²) in [6.45, 7) is 4.68. The van der Waals surface area contributed by atoms with Gasteiger partial charge in [-0.15, -0.1) is 0 Å². The van der Waals surface area contributed by atoms with Crippen LogP contribution in [-0.4, -0.2) is 22.7 Å². The molecule has 1 aromatic heterocycles. The summed E-state index contributed by atoms with van der Waals surface area (Å²) in [4.78, 5) is 11.6. The van der Waals surface area contributed by atoms with Crippen LogP contribution < -0.4 is 16.0 Å². The van der Waals surface area contributed by atoms with E-state index >= 15 is 0 Å². The number of aromatic amines is 1. The maximum atomic E-state index is 11.6. The van der Waals surface area contributed by atoms with Gasteiger partial charge in [-0.1, -0.05) is 13.3 Å². The van der Waals surface area contributed by atoms with Crippen molar-refractivity contribution in [3.05, 3.63) is 35.5 Å². The van der Waals surface area contributed by atoms with E-state index in [4.69, 9.17) is 10.6 Å². The molecule has 21 heavy (non-hydrogen) atoms. The Kier molecular flexibility index (Phi) is 4.94. The van der Waals surface area contributed by atoms with Crippen molar-refractivity contribution in [2.45, 2.75) is 26.7 Å². The predicted octanol–water partition coefficient (Wildman–Crippen LogP) is 2.17. The summed E-state index contributed by atoms with van der Waals surface area (Å²) < 4.78 is 5.62.